The van der Waals surface area contributed by atoms with E-state index in [4.69, 9.17) is 9.52 Å². The zero-order chi connectivity index (χ0) is 18.0. The topological polar surface area (TPSA) is 105 Å². The Morgan fingerprint density at radius 2 is 2.12 bits per heavy atom. The molecule has 8 nitrogen and oxygen atoms in total. The van der Waals surface area contributed by atoms with Crippen LogP contribution in [0.25, 0.3) is 0 Å². The van der Waals surface area contributed by atoms with Crippen LogP contribution < -0.4 is 4.72 Å². The first-order valence-corrected chi connectivity index (χ1v) is 9.53. The molecule has 136 valence electrons. The fourth-order valence-corrected chi connectivity index (χ4v) is 4.22. The average molecular weight is 367 g/mol. The predicted molar refractivity (Wildman–Crippen MR) is 89.8 cm³/mol. The van der Waals surface area contributed by atoms with Crippen LogP contribution >= 0.6 is 0 Å². The van der Waals surface area contributed by atoms with E-state index >= 15 is 0 Å². The van der Waals surface area contributed by atoms with E-state index in [0.717, 1.165) is 32.0 Å². The molecule has 0 amide bonds. The molecule has 1 atom stereocenters. The number of furan rings is 1. The minimum absolute atomic E-state index is 0.0629. The number of aryl methyl sites for hydroxylation is 1. The van der Waals surface area contributed by atoms with Crippen molar-refractivity contribution >= 4 is 16.0 Å². The fraction of sp³-hybridized carbons (Fsp3) is 0.438. The first-order valence-electron chi connectivity index (χ1n) is 8.05. The van der Waals surface area contributed by atoms with E-state index in [-0.39, 0.29) is 23.2 Å². The van der Waals surface area contributed by atoms with Crippen LogP contribution in [0.5, 0.6) is 0 Å². The van der Waals surface area contributed by atoms with Gasteiger partial charge >= 0.3 is 5.97 Å². The number of aromatic carboxylic acids is 1. The van der Waals surface area contributed by atoms with Gasteiger partial charge in [0.2, 0.25) is 10.0 Å². The van der Waals surface area contributed by atoms with Crippen LogP contribution in [0.3, 0.4) is 0 Å². The van der Waals surface area contributed by atoms with Gasteiger partial charge < -0.3 is 14.1 Å². The van der Waals surface area contributed by atoms with Gasteiger partial charge in [-0.3, -0.25) is 4.90 Å². The number of nitrogens with zero attached hydrogens (tertiary/aromatic N) is 2. The molecule has 1 saturated heterocycles. The van der Waals surface area contributed by atoms with Crippen molar-refractivity contribution in [1.29, 1.82) is 0 Å². The summed E-state index contributed by atoms with van der Waals surface area (Å²) in [7, 11) is -2.32. The summed E-state index contributed by atoms with van der Waals surface area (Å²) in [6.07, 6.45) is 5.02. The van der Waals surface area contributed by atoms with Crippen LogP contribution in [0.15, 0.2) is 40.0 Å². The summed E-state index contributed by atoms with van der Waals surface area (Å²) >= 11 is 0. The van der Waals surface area contributed by atoms with Crippen LogP contribution in [0.1, 0.15) is 35.1 Å². The number of nitrogens with one attached hydrogen (secondary N) is 1. The second kappa shape index (κ2) is 7.03. The second-order valence-electron chi connectivity index (χ2n) is 6.10. The van der Waals surface area contributed by atoms with Crippen molar-refractivity contribution in [1.82, 2.24) is 14.2 Å². The van der Waals surface area contributed by atoms with Gasteiger partial charge in [-0.05, 0) is 44.1 Å². The van der Waals surface area contributed by atoms with Gasteiger partial charge in [-0.2, -0.15) is 0 Å². The molecule has 1 aliphatic rings. The molecule has 9 heteroatoms. The Morgan fingerprint density at radius 1 is 1.40 bits per heavy atom. The summed E-state index contributed by atoms with van der Waals surface area (Å²) in [5.41, 5.74) is -0.0810. The number of hydrogen-bond acceptors (Lipinski definition) is 5. The van der Waals surface area contributed by atoms with Crippen molar-refractivity contribution in [3.63, 3.8) is 0 Å². The van der Waals surface area contributed by atoms with Gasteiger partial charge in [0.1, 0.15) is 16.3 Å². The predicted octanol–water partition coefficient (Wildman–Crippen LogP) is 1.43. The number of sulfonamides is 1. The third-order valence-electron chi connectivity index (χ3n) is 4.43. The Bertz CT molecular complexity index is 835. The van der Waals surface area contributed by atoms with E-state index in [1.165, 1.54) is 17.8 Å². The summed E-state index contributed by atoms with van der Waals surface area (Å²) in [5, 5.41) is 9.08. The molecule has 1 aliphatic heterocycles. The number of carbonyl (C=O) groups is 1. The molecule has 3 rings (SSSR count). The van der Waals surface area contributed by atoms with Gasteiger partial charge in [-0.15, -0.1) is 0 Å². The lowest BCUT2D eigenvalue weighted by Gasteiger charge is -2.25. The first-order chi connectivity index (χ1) is 11.9. The number of rotatable bonds is 7. The SMILES string of the molecule is Cn1cc(S(=O)(=O)NCC(c2ccco2)N2CCCC2)cc1C(=O)O. The van der Waals surface area contributed by atoms with Gasteiger partial charge in [-0.1, -0.05) is 0 Å². The highest BCUT2D eigenvalue weighted by Gasteiger charge is 2.28. The van der Waals surface area contributed by atoms with Crippen LogP contribution in [0.4, 0.5) is 0 Å². The molecular formula is C16H21N3O5S. The fourth-order valence-electron chi connectivity index (χ4n) is 3.11. The maximum Gasteiger partial charge on any atom is 0.352 e. The standard InChI is InChI=1S/C16H21N3O5S/c1-18-11-12(9-13(18)16(20)21)25(22,23)17-10-14(15-5-4-8-24-15)19-6-2-3-7-19/h4-5,8-9,11,14,17H,2-3,6-7,10H2,1H3,(H,20,21). The highest BCUT2D eigenvalue weighted by Crippen LogP contribution is 2.25. The lowest BCUT2D eigenvalue weighted by molar-refractivity contribution is 0.0686. The molecule has 1 fully saturated rings. The second-order valence-corrected chi connectivity index (χ2v) is 7.87. The van der Waals surface area contributed by atoms with E-state index in [1.807, 2.05) is 6.07 Å². The lowest BCUT2D eigenvalue weighted by Crippen LogP contribution is -2.36. The van der Waals surface area contributed by atoms with E-state index < -0.39 is 16.0 Å². The van der Waals surface area contributed by atoms with Gasteiger partial charge in [0.05, 0.1) is 12.3 Å². The molecule has 25 heavy (non-hydrogen) atoms. The summed E-state index contributed by atoms with van der Waals surface area (Å²) in [5.74, 6) is -0.460. The molecule has 0 radical (unpaired) electrons. The zero-order valence-electron chi connectivity index (χ0n) is 13.9. The molecule has 0 saturated carbocycles. The van der Waals surface area contributed by atoms with Gasteiger partial charge in [-0.25, -0.2) is 17.9 Å². The normalized spacial score (nSPS) is 17.0. The highest BCUT2D eigenvalue weighted by atomic mass is 32.2. The summed E-state index contributed by atoms with van der Waals surface area (Å²) in [6.45, 7) is 1.94. The molecular weight excluding hydrogens is 346 g/mol. The molecule has 0 bridgehead atoms. The van der Waals surface area contributed by atoms with Gasteiger partial charge in [0.15, 0.2) is 0 Å². The van der Waals surface area contributed by atoms with Crippen LogP contribution in [0, 0.1) is 0 Å². The molecule has 3 heterocycles. The number of likely N-dealkylation sites (tertiary alicyclic amines) is 1. The zero-order valence-corrected chi connectivity index (χ0v) is 14.7. The van der Waals surface area contributed by atoms with E-state index in [0.29, 0.717) is 5.76 Å². The van der Waals surface area contributed by atoms with Crippen molar-refractivity contribution in [2.45, 2.75) is 23.8 Å². The molecule has 2 N–H and O–H groups in total. The third kappa shape index (κ3) is 3.78. The van der Waals surface area contributed by atoms with Crippen molar-refractivity contribution in [3.8, 4) is 0 Å². The average Bonchev–Trinajstić information content (AvgIpc) is 3.28. The molecule has 1 unspecified atom stereocenters. The maximum atomic E-state index is 12.5. The number of hydrogen-bond donors (Lipinski definition) is 2. The third-order valence-corrected chi connectivity index (χ3v) is 5.82. The van der Waals surface area contributed by atoms with Gasteiger partial charge in [0.25, 0.3) is 0 Å². The molecule has 0 aliphatic carbocycles. The first kappa shape index (κ1) is 17.7. The minimum Gasteiger partial charge on any atom is -0.477 e. The summed E-state index contributed by atoms with van der Waals surface area (Å²) < 4.78 is 34.4. The monoisotopic (exact) mass is 367 g/mol. The van der Waals surface area contributed by atoms with Crippen molar-refractivity contribution in [2.75, 3.05) is 19.6 Å². The quantitative estimate of drug-likeness (QED) is 0.767. The Kier molecular flexibility index (Phi) is 4.98. The number of carboxylic acid groups (broad SMARTS) is 1. The largest absolute Gasteiger partial charge is 0.477 e. The number of carboxylic acids is 1. The highest BCUT2D eigenvalue weighted by molar-refractivity contribution is 7.89. The Hall–Kier alpha value is -2.10. The maximum absolute atomic E-state index is 12.5. The minimum atomic E-state index is -3.81. The van der Waals surface area contributed by atoms with Gasteiger partial charge in [0, 0.05) is 19.8 Å². The van der Waals surface area contributed by atoms with Crippen molar-refractivity contribution in [2.24, 2.45) is 7.05 Å². The Morgan fingerprint density at radius 3 is 2.68 bits per heavy atom. The molecule has 2 aromatic heterocycles. The molecule has 0 spiro atoms. The van der Waals surface area contributed by atoms with Crippen LogP contribution in [-0.2, 0) is 17.1 Å². The van der Waals surface area contributed by atoms with E-state index in [1.54, 1.807) is 12.3 Å². The molecule has 2 aromatic rings. The lowest BCUT2D eigenvalue weighted by atomic mass is 10.2. The smallest absolute Gasteiger partial charge is 0.352 e. The van der Waals surface area contributed by atoms with Crippen molar-refractivity contribution in [3.05, 3.63) is 42.1 Å². The summed E-state index contributed by atoms with van der Waals surface area (Å²) in [4.78, 5) is 13.2. The molecule has 0 aromatic carbocycles. The summed E-state index contributed by atoms with van der Waals surface area (Å²) in [6, 6.07) is 4.59. The van der Waals surface area contributed by atoms with Crippen LogP contribution in [-0.4, -0.2) is 48.6 Å². The van der Waals surface area contributed by atoms with E-state index in [2.05, 4.69) is 9.62 Å². The van der Waals surface area contributed by atoms with E-state index in [9.17, 15) is 13.2 Å². The Balaban J connectivity index is 1.77. The van der Waals surface area contributed by atoms with Crippen molar-refractivity contribution < 1.29 is 22.7 Å². The van der Waals surface area contributed by atoms with Crippen LogP contribution in [0.2, 0.25) is 0 Å². The Labute approximate surface area is 146 Å². The number of aromatic nitrogens is 1.